The van der Waals surface area contributed by atoms with E-state index in [1.54, 1.807) is 6.33 Å². The number of aryl methyl sites for hydroxylation is 1. The molecule has 0 N–H and O–H groups in total. The number of hydrogen-bond acceptors (Lipinski definition) is 3. The van der Waals surface area contributed by atoms with Gasteiger partial charge in [-0.1, -0.05) is 13.8 Å². The molecule has 0 radical (unpaired) electrons. The van der Waals surface area contributed by atoms with Crippen molar-refractivity contribution in [2.24, 2.45) is 13.0 Å². The van der Waals surface area contributed by atoms with Gasteiger partial charge < -0.3 is 4.57 Å². The van der Waals surface area contributed by atoms with Crippen LogP contribution in [0.5, 0.6) is 0 Å². The maximum Gasteiger partial charge on any atom is 0.165 e. The van der Waals surface area contributed by atoms with Crippen LogP contribution in [0.15, 0.2) is 24.7 Å². The fourth-order valence-corrected chi connectivity index (χ4v) is 1.64. The highest BCUT2D eigenvalue weighted by Gasteiger charge is 2.05. The van der Waals surface area contributed by atoms with Gasteiger partial charge in [-0.2, -0.15) is 0 Å². The van der Waals surface area contributed by atoms with Crippen LogP contribution in [0.2, 0.25) is 0 Å². The van der Waals surface area contributed by atoms with Crippen molar-refractivity contribution < 1.29 is 0 Å². The van der Waals surface area contributed by atoms with Crippen LogP contribution >= 0.6 is 0 Å². The van der Waals surface area contributed by atoms with Crippen molar-refractivity contribution in [3.05, 3.63) is 30.4 Å². The van der Waals surface area contributed by atoms with Gasteiger partial charge in [-0.15, -0.1) is 10.2 Å². The van der Waals surface area contributed by atoms with Gasteiger partial charge in [0.15, 0.2) is 5.82 Å². The summed E-state index contributed by atoms with van der Waals surface area (Å²) in [6.45, 7) is 4.39. The van der Waals surface area contributed by atoms with Crippen molar-refractivity contribution in [3.63, 3.8) is 0 Å². The van der Waals surface area contributed by atoms with E-state index in [0.717, 1.165) is 23.5 Å². The Bertz CT molecular complexity index is 456. The Balaban J connectivity index is 2.23. The zero-order valence-corrected chi connectivity index (χ0v) is 9.88. The fraction of sp³-hybridized carbons (Fsp3) is 0.417. The minimum Gasteiger partial charge on any atom is -0.317 e. The van der Waals surface area contributed by atoms with Gasteiger partial charge in [0.25, 0.3) is 0 Å². The lowest BCUT2D eigenvalue weighted by atomic mass is 10.1. The maximum absolute atomic E-state index is 4.43. The van der Waals surface area contributed by atoms with E-state index >= 15 is 0 Å². The molecule has 0 bridgehead atoms. The molecule has 84 valence electrons. The van der Waals surface area contributed by atoms with E-state index in [2.05, 4.69) is 41.2 Å². The summed E-state index contributed by atoms with van der Waals surface area (Å²) in [5.41, 5.74) is 2.13. The van der Waals surface area contributed by atoms with Gasteiger partial charge in [0.1, 0.15) is 6.33 Å². The number of pyridine rings is 1. The first-order chi connectivity index (χ1) is 7.66. The van der Waals surface area contributed by atoms with Crippen molar-refractivity contribution in [1.82, 2.24) is 19.7 Å². The third-order valence-corrected chi connectivity index (χ3v) is 2.41. The summed E-state index contributed by atoms with van der Waals surface area (Å²) < 4.78 is 1.89. The Hall–Kier alpha value is -1.71. The Kier molecular flexibility index (Phi) is 2.99. The van der Waals surface area contributed by atoms with E-state index in [-0.39, 0.29) is 0 Å². The highest BCUT2D eigenvalue weighted by molar-refractivity contribution is 5.53. The first-order valence-corrected chi connectivity index (χ1v) is 5.46. The van der Waals surface area contributed by atoms with Gasteiger partial charge in [-0.25, -0.2) is 0 Å². The predicted octanol–water partition coefficient (Wildman–Crippen LogP) is 2.08. The molecule has 4 nitrogen and oxygen atoms in total. The van der Waals surface area contributed by atoms with Crippen LogP contribution in [-0.2, 0) is 13.5 Å². The Morgan fingerprint density at radius 3 is 2.62 bits per heavy atom. The summed E-state index contributed by atoms with van der Waals surface area (Å²) in [7, 11) is 1.93. The Morgan fingerprint density at radius 1 is 1.31 bits per heavy atom. The largest absolute Gasteiger partial charge is 0.317 e. The molecule has 2 rings (SSSR count). The van der Waals surface area contributed by atoms with E-state index in [4.69, 9.17) is 0 Å². The van der Waals surface area contributed by atoms with Crippen LogP contribution in [-0.4, -0.2) is 19.7 Å². The molecule has 2 aromatic rings. The van der Waals surface area contributed by atoms with Gasteiger partial charge in [0, 0.05) is 24.5 Å². The first kappa shape index (κ1) is 10.8. The molecule has 2 aromatic heterocycles. The van der Waals surface area contributed by atoms with Crippen molar-refractivity contribution in [2.45, 2.75) is 20.3 Å². The fourth-order valence-electron chi connectivity index (χ4n) is 1.64. The van der Waals surface area contributed by atoms with Gasteiger partial charge in [-0.3, -0.25) is 4.98 Å². The van der Waals surface area contributed by atoms with E-state index in [1.165, 1.54) is 0 Å². The predicted molar refractivity (Wildman–Crippen MR) is 62.8 cm³/mol. The second-order valence-corrected chi connectivity index (χ2v) is 4.40. The molecule has 0 fully saturated rings. The molecule has 0 aliphatic carbocycles. The molecule has 0 unspecified atom stereocenters. The zero-order chi connectivity index (χ0) is 11.5. The Morgan fingerprint density at radius 2 is 2.12 bits per heavy atom. The van der Waals surface area contributed by atoms with Crippen LogP contribution in [0.25, 0.3) is 11.4 Å². The molecule has 0 saturated heterocycles. The summed E-state index contributed by atoms with van der Waals surface area (Å²) in [5, 5.41) is 7.90. The summed E-state index contributed by atoms with van der Waals surface area (Å²) in [4.78, 5) is 4.43. The monoisotopic (exact) mass is 216 g/mol. The van der Waals surface area contributed by atoms with Crippen molar-refractivity contribution in [1.29, 1.82) is 0 Å². The number of rotatable bonds is 3. The maximum atomic E-state index is 4.43. The Labute approximate surface area is 95.4 Å². The minimum absolute atomic E-state index is 0.633. The zero-order valence-electron chi connectivity index (χ0n) is 9.88. The van der Waals surface area contributed by atoms with Crippen LogP contribution in [0.1, 0.15) is 19.5 Å². The summed E-state index contributed by atoms with van der Waals surface area (Å²) in [6.07, 6.45) is 4.57. The average molecular weight is 216 g/mol. The van der Waals surface area contributed by atoms with E-state index in [1.807, 2.05) is 17.8 Å². The second kappa shape index (κ2) is 4.43. The lowest BCUT2D eigenvalue weighted by Gasteiger charge is -2.05. The molecule has 0 aliphatic rings. The summed E-state index contributed by atoms with van der Waals surface area (Å²) in [5.74, 6) is 1.48. The third kappa shape index (κ3) is 2.27. The van der Waals surface area contributed by atoms with Gasteiger partial charge in [0.05, 0.1) is 0 Å². The molecule has 16 heavy (non-hydrogen) atoms. The highest BCUT2D eigenvalue weighted by Crippen LogP contribution is 2.15. The summed E-state index contributed by atoms with van der Waals surface area (Å²) >= 11 is 0. The molecule has 2 heterocycles. The molecule has 0 spiro atoms. The minimum atomic E-state index is 0.633. The molecule has 0 amide bonds. The highest BCUT2D eigenvalue weighted by atomic mass is 15.2. The second-order valence-electron chi connectivity index (χ2n) is 4.40. The molecular weight excluding hydrogens is 200 g/mol. The van der Waals surface area contributed by atoms with Crippen LogP contribution < -0.4 is 0 Å². The third-order valence-electron chi connectivity index (χ3n) is 2.41. The number of nitrogens with zero attached hydrogens (tertiary/aromatic N) is 4. The molecule has 0 aromatic carbocycles. The van der Waals surface area contributed by atoms with E-state index < -0.39 is 0 Å². The SMILES string of the molecule is CC(C)Cc1ccc(-c2nncn2C)cn1. The quantitative estimate of drug-likeness (QED) is 0.789. The smallest absolute Gasteiger partial charge is 0.165 e. The molecular formula is C12H16N4. The number of aromatic nitrogens is 4. The van der Waals surface area contributed by atoms with Gasteiger partial charge in [-0.05, 0) is 24.5 Å². The number of hydrogen-bond donors (Lipinski definition) is 0. The van der Waals surface area contributed by atoms with Crippen LogP contribution in [0, 0.1) is 5.92 Å². The lowest BCUT2D eigenvalue weighted by molar-refractivity contribution is 0.635. The molecule has 4 heteroatoms. The van der Waals surface area contributed by atoms with Gasteiger partial charge >= 0.3 is 0 Å². The standard InChI is InChI=1S/C12H16N4/c1-9(2)6-11-5-4-10(7-13-11)12-15-14-8-16(12)3/h4-5,7-9H,6H2,1-3H3. The lowest BCUT2D eigenvalue weighted by Crippen LogP contribution is -1.98. The van der Waals surface area contributed by atoms with E-state index in [0.29, 0.717) is 5.92 Å². The first-order valence-electron chi connectivity index (χ1n) is 5.46. The van der Waals surface area contributed by atoms with Crippen molar-refractivity contribution in [2.75, 3.05) is 0 Å². The van der Waals surface area contributed by atoms with Crippen molar-refractivity contribution in [3.8, 4) is 11.4 Å². The molecule has 0 aliphatic heterocycles. The topological polar surface area (TPSA) is 43.6 Å². The average Bonchev–Trinajstić information content (AvgIpc) is 2.65. The molecule has 0 atom stereocenters. The van der Waals surface area contributed by atoms with Crippen molar-refractivity contribution >= 4 is 0 Å². The summed E-state index contributed by atoms with van der Waals surface area (Å²) in [6, 6.07) is 4.11. The van der Waals surface area contributed by atoms with Crippen LogP contribution in [0.3, 0.4) is 0 Å². The van der Waals surface area contributed by atoms with Crippen LogP contribution in [0.4, 0.5) is 0 Å². The normalized spacial score (nSPS) is 11.0. The van der Waals surface area contributed by atoms with Gasteiger partial charge in [0.2, 0.25) is 0 Å². The molecule has 0 saturated carbocycles. The van der Waals surface area contributed by atoms with E-state index in [9.17, 15) is 0 Å².